The third-order valence-electron chi connectivity index (χ3n) is 4.87. The number of hydrogen-bond acceptors (Lipinski definition) is 6. The van der Waals surface area contributed by atoms with Crippen molar-refractivity contribution in [1.29, 1.82) is 0 Å². The fourth-order valence-corrected chi connectivity index (χ4v) is 4.28. The molecule has 0 bridgehead atoms. The van der Waals surface area contributed by atoms with Crippen LogP contribution < -0.4 is 10.5 Å². The molecule has 0 aromatic carbocycles. The van der Waals surface area contributed by atoms with Crippen molar-refractivity contribution in [2.75, 3.05) is 25.0 Å². The molecular weight excluding hydrogens is 322 g/mol. The fraction of sp³-hybridized carbons (Fsp3) is 0.706. The van der Waals surface area contributed by atoms with Gasteiger partial charge in [0.15, 0.2) is 0 Å². The Morgan fingerprint density at radius 3 is 2.71 bits per heavy atom. The Bertz CT molecular complexity index is 745. The summed E-state index contributed by atoms with van der Waals surface area (Å²) in [6, 6.07) is 2.70. The van der Waals surface area contributed by atoms with Crippen molar-refractivity contribution in [2.45, 2.75) is 58.5 Å². The van der Waals surface area contributed by atoms with Crippen LogP contribution in [0.4, 0.5) is 5.13 Å². The Morgan fingerprint density at radius 2 is 2.08 bits per heavy atom. The van der Waals surface area contributed by atoms with Gasteiger partial charge in [0.1, 0.15) is 0 Å². The van der Waals surface area contributed by atoms with E-state index in [1.54, 1.807) is 6.07 Å². The van der Waals surface area contributed by atoms with E-state index in [4.69, 9.17) is 0 Å². The molecular formula is C17H27N5OS. The first-order valence-corrected chi connectivity index (χ1v) is 9.68. The topological polar surface area (TPSA) is 53.7 Å². The smallest absolute Gasteiger partial charge is 0.275 e. The summed E-state index contributed by atoms with van der Waals surface area (Å²) in [6.45, 7) is 8.85. The van der Waals surface area contributed by atoms with E-state index in [2.05, 4.69) is 47.7 Å². The minimum atomic E-state index is -0.0750. The van der Waals surface area contributed by atoms with Crippen molar-refractivity contribution in [1.82, 2.24) is 19.5 Å². The molecule has 0 amide bonds. The Kier molecular flexibility index (Phi) is 5.20. The standard InChI is InChI=1S/C17H27N5OS/c1-5-6-13-11-15(23)22-16(18-13)24-17(19-22)20(4)14-7-9-21(10-8-14)12(2)3/h11-12,14H,5-10H2,1-4H3. The molecule has 2 aromatic rings. The summed E-state index contributed by atoms with van der Waals surface area (Å²) in [5.41, 5.74) is 0.791. The van der Waals surface area contributed by atoms with E-state index < -0.39 is 0 Å². The molecule has 0 radical (unpaired) electrons. The van der Waals surface area contributed by atoms with Crippen molar-refractivity contribution < 1.29 is 0 Å². The number of hydrogen-bond donors (Lipinski definition) is 0. The van der Waals surface area contributed by atoms with Crippen LogP contribution in [-0.4, -0.2) is 51.7 Å². The normalized spacial score (nSPS) is 17.0. The second kappa shape index (κ2) is 7.19. The molecule has 0 saturated carbocycles. The molecule has 1 saturated heterocycles. The highest BCUT2D eigenvalue weighted by Gasteiger charge is 2.25. The minimum absolute atomic E-state index is 0.0750. The molecule has 3 rings (SSSR count). The van der Waals surface area contributed by atoms with E-state index in [0.717, 1.165) is 49.6 Å². The Balaban J connectivity index is 1.79. The van der Waals surface area contributed by atoms with Crippen LogP contribution in [0.25, 0.3) is 4.96 Å². The molecule has 7 heteroatoms. The summed E-state index contributed by atoms with van der Waals surface area (Å²) in [5, 5.41) is 5.40. The summed E-state index contributed by atoms with van der Waals surface area (Å²) in [7, 11) is 2.09. The second-order valence-electron chi connectivity index (χ2n) is 6.89. The number of piperidine rings is 1. The van der Waals surface area contributed by atoms with Gasteiger partial charge in [-0.3, -0.25) is 4.79 Å². The lowest BCUT2D eigenvalue weighted by Gasteiger charge is -2.38. The maximum Gasteiger partial charge on any atom is 0.275 e. The van der Waals surface area contributed by atoms with E-state index in [0.29, 0.717) is 17.0 Å². The predicted octanol–water partition coefficient (Wildman–Crippen LogP) is 2.41. The molecule has 1 aliphatic rings. The third kappa shape index (κ3) is 3.47. The first-order chi connectivity index (χ1) is 11.5. The van der Waals surface area contributed by atoms with Gasteiger partial charge in [0.05, 0.1) is 0 Å². The molecule has 1 fully saturated rings. The van der Waals surface area contributed by atoms with Gasteiger partial charge in [-0.05, 0) is 33.1 Å². The zero-order valence-corrected chi connectivity index (χ0v) is 15.8. The fourth-order valence-electron chi connectivity index (χ4n) is 3.32. The summed E-state index contributed by atoms with van der Waals surface area (Å²) in [5.74, 6) is 0. The molecule has 1 aliphatic heterocycles. The van der Waals surface area contributed by atoms with Gasteiger partial charge < -0.3 is 9.80 Å². The lowest BCUT2D eigenvalue weighted by Crippen LogP contribution is -2.45. The Labute approximate surface area is 147 Å². The monoisotopic (exact) mass is 349 g/mol. The molecule has 0 aliphatic carbocycles. The predicted molar refractivity (Wildman–Crippen MR) is 99.3 cm³/mol. The lowest BCUT2D eigenvalue weighted by molar-refractivity contribution is 0.171. The Hall–Kier alpha value is -1.47. The van der Waals surface area contributed by atoms with Gasteiger partial charge in [0.2, 0.25) is 10.1 Å². The average molecular weight is 350 g/mol. The number of anilines is 1. The van der Waals surface area contributed by atoms with Crippen LogP contribution in [0.2, 0.25) is 0 Å². The van der Waals surface area contributed by atoms with Gasteiger partial charge in [-0.1, -0.05) is 24.7 Å². The molecule has 132 valence electrons. The third-order valence-corrected chi connectivity index (χ3v) is 5.87. The van der Waals surface area contributed by atoms with Crippen LogP contribution in [0, 0.1) is 0 Å². The summed E-state index contributed by atoms with van der Waals surface area (Å²) < 4.78 is 1.44. The van der Waals surface area contributed by atoms with Crippen molar-refractivity contribution in [3.05, 3.63) is 22.1 Å². The molecule has 2 aromatic heterocycles. The van der Waals surface area contributed by atoms with Crippen LogP contribution in [0.15, 0.2) is 10.9 Å². The Morgan fingerprint density at radius 1 is 1.38 bits per heavy atom. The second-order valence-corrected chi connectivity index (χ2v) is 7.82. The largest absolute Gasteiger partial charge is 0.347 e. The van der Waals surface area contributed by atoms with Crippen LogP contribution in [0.3, 0.4) is 0 Å². The quantitative estimate of drug-likeness (QED) is 0.830. The molecule has 0 spiro atoms. The summed E-state index contributed by atoms with van der Waals surface area (Å²) in [6.07, 6.45) is 4.09. The van der Waals surface area contributed by atoms with Gasteiger partial charge in [0, 0.05) is 44.0 Å². The van der Waals surface area contributed by atoms with Crippen molar-refractivity contribution >= 4 is 21.4 Å². The van der Waals surface area contributed by atoms with E-state index >= 15 is 0 Å². The molecule has 3 heterocycles. The van der Waals surface area contributed by atoms with Gasteiger partial charge in [-0.25, -0.2) is 4.98 Å². The number of rotatable bonds is 5. The molecule has 0 N–H and O–H groups in total. The van der Waals surface area contributed by atoms with Gasteiger partial charge in [-0.15, -0.1) is 5.10 Å². The highest BCUT2D eigenvalue weighted by Crippen LogP contribution is 2.26. The maximum absolute atomic E-state index is 12.2. The lowest BCUT2D eigenvalue weighted by atomic mass is 10.0. The highest BCUT2D eigenvalue weighted by atomic mass is 32.1. The number of aromatic nitrogens is 3. The maximum atomic E-state index is 12.2. The minimum Gasteiger partial charge on any atom is -0.347 e. The number of nitrogens with zero attached hydrogens (tertiary/aromatic N) is 5. The zero-order chi connectivity index (χ0) is 17.3. The van der Waals surface area contributed by atoms with Crippen molar-refractivity contribution in [3.63, 3.8) is 0 Å². The van der Waals surface area contributed by atoms with Gasteiger partial charge in [-0.2, -0.15) is 4.52 Å². The van der Waals surface area contributed by atoms with E-state index in [-0.39, 0.29) is 5.56 Å². The molecule has 6 nitrogen and oxygen atoms in total. The van der Waals surface area contributed by atoms with Crippen LogP contribution in [-0.2, 0) is 6.42 Å². The van der Waals surface area contributed by atoms with Gasteiger partial charge in [0.25, 0.3) is 5.56 Å². The van der Waals surface area contributed by atoms with E-state index in [1.165, 1.54) is 15.9 Å². The zero-order valence-electron chi connectivity index (χ0n) is 15.0. The first-order valence-electron chi connectivity index (χ1n) is 8.86. The number of aryl methyl sites for hydroxylation is 1. The summed E-state index contributed by atoms with van der Waals surface area (Å²) >= 11 is 1.51. The SMILES string of the molecule is CCCc1cc(=O)n2nc(N(C)C3CCN(C(C)C)CC3)sc2n1. The van der Waals surface area contributed by atoms with Crippen LogP contribution in [0.1, 0.15) is 45.7 Å². The van der Waals surface area contributed by atoms with Crippen molar-refractivity contribution in [3.8, 4) is 0 Å². The van der Waals surface area contributed by atoms with Gasteiger partial charge >= 0.3 is 0 Å². The number of likely N-dealkylation sites (tertiary alicyclic amines) is 1. The first kappa shape index (κ1) is 17.4. The van der Waals surface area contributed by atoms with Crippen LogP contribution in [0.5, 0.6) is 0 Å². The number of fused-ring (bicyclic) bond motifs is 1. The summed E-state index contributed by atoms with van der Waals surface area (Å²) in [4.78, 5) is 22.3. The highest BCUT2D eigenvalue weighted by molar-refractivity contribution is 7.20. The molecule has 24 heavy (non-hydrogen) atoms. The molecule has 0 atom stereocenters. The molecule has 0 unspecified atom stereocenters. The van der Waals surface area contributed by atoms with E-state index in [1.807, 2.05) is 0 Å². The van der Waals surface area contributed by atoms with Crippen molar-refractivity contribution in [2.24, 2.45) is 0 Å². The van der Waals surface area contributed by atoms with E-state index in [9.17, 15) is 4.79 Å². The average Bonchev–Trinajstić information content (AvgIpc) is 2.99. The van der Waals surface area contributed by atoms with Crippen LogP contribution >= 0.6 is 11.3 Å².